The Morgan fingerprint density at radius 3 is 2.26 bits per heavy atom. The second-order valence-corrected chi connectivity index (χ2v) is 5.78. The fraction of sp³-hybridized carbons (Fsp3) is 0.0476. The third kappa shape index (κ3) is 4.93. The summed E-state index contributed by atoms with van der Waals surface area (Å²) < 4.78 is 5.74. The Morgan fingerprint density at radius 1 is 0.815 bits per heavy atom. The Bertz CT molecular complexity index is 942. The van der Waals surface area contributed by atoms with Crippen molar-refractivity contribution in [2.75, 3.05) is 5.32 Å². The van der Waals surface area contributed by atoms with Gasteiger partial charge in [-0.3, -0.25) is 14.8 Å². The highest BCUT2D eigenvalue weighted by Gasteiger charge is 2.10. The summed E-state index contributed by atoms with van der Waals surface area (Å²) in [7, 11) is 0. The van der Waals surface area contributed by atoms with Crippen molar-refractivity contribution < 1.29 is 19.5 Å². The van der Waals surface area contributed by atoms with E-state index < -0.39 is 5.91 Å². The minimum absolute atomic E-state index is 0.232. The van der Waals surface area contributed by atoms with Gasteiger partial charge < -0.3 is 10.1 Å². The van der Waals surface area contributed by atoms with Crippen LogP contribution in [0.15, 0.2) is 78.9 Å². The van der Waals surface area contributed by atoms with Gasteiger partial charge in [0.15, 0.2) is 0 Å². The molecule has 6 nitrogen and oxygen atoms in total. The molecule has 0 aliphatic rings. The molecule has 0 unspecified atom stereocenters. The average molecular weight is 362 g/mol. The Labute approximate surface area is 156 Å². The van der Waals surface area contributed by atoms with Gasteiger partial charge in [-0.05, 0) is 42.0 Å². The minimum atomic E-state index is -0.651. The SMILES string of the molecule is O=C(NO)c1cccc(NC(=O)c2cccc(OCc3ccccc3)c2)c1. The zero-order valence-electron chi connectivity index (χ0n) is 14.4. The first kappa shape index (κ1) is 18.2. The van der Waals surface area contributed by atoms with E-state index in [1.165, 1.54) is 12.1 Å². The van der Waals surface area contributed by atoms with Gasteiger partial charge in [0.25, 0.3) is 11.8 Å². The molecule has 3 aromatic rings. The number of benzene rings is 3. The molecule has 6 heteroatoms. The number of hydrogen-bond acceptors (Lipinski definition) is 4. The van der Waals surface area contributed by atoms with E-state index >= 15 is 0 Å². The molecule has 2 amide bonds. The van der Waals surface area contributed by atoms with Crippen LogP contribution in [0.4, 0.5) is 5.69 Å². The van der Waals surface area contributed by atoms with Crippen molar-refractivity contribution in [3.8, 4) is 5.75 Å². The normalized spacial score (nSPS) is 10.1. The Balaban J connectivity index is 1.67. The molecule has 0 spiro atoms. The molecule has 0 bridgehead atoms. The lowest BCUT2D eigenvalue weighted by atomic mass is 10.1. The predicted octanol–water partition coefficient (Wildman–Crippen LogP) is 3.64. The monoisotopic (exact) mass is 362 g/mol. The van der Waals surface area contributed by atoms with Crippen molar-refractivity contribution in [3.63, 3.8) is 0 Å². The van der Waals surface area contributed by atoms with E-state index in [1.54, 1.807) is 41.9 Å². The second-order valence-electron chi connectivity index (χ2n) is 5.78. The van der Waals surface area contributed by atoms with Crippen LogP contribution >= 0.6 is 0 Å². The number of anilines is 1. The van der Waals surface area contributed by atoms with E-state index in [9.17, 15) is 9.59 Å². The number of ether oxygens (including phenoxy) is 1. The van der Waals surface area contributed by atoms with E-state index in [1.807, 2.05) is 30.3 Å². The van der Waals surface area contributed by atoms with Gasteiger partial charge in [-0.15, -0.1) is 0 Å². The first-order valence-electron chi connectivity index (χ1n) is 8.28. The molecule has 3 N–H and O–H groups in total. The fourth-order valence-corrected chi connectivity index (χ4v) is 2.47. The summed E-state index contributed by atoms with van der Waals surface area (Å²) in [6.45, 7) is 0.407. The molecule has 0 aromatic heterocycles. The van der Waals surface area contributed by atoms with Crippen LogP contribution in [0.25, 0.3) is 0 Å². The lowest BCUT2D eigenvalue weighted by Crippen LogP contribution is -2.19. The van der Waals surface area contributed by atoms with E-state index in [0.717, 1.165) is 5.56 Å². The summed E-state index contributed by atoms with van der Waals surface area (Å²) in [5.41, 5.74) is 3.70. The molecule has 136 valence electrons. The van der Waals surface area contributed by atoms with Gasteiger partial charge in [0.2, 0.25) is 0 Å². The van der Waals surface area contributed by atoms with E-state index in [2.05, 4.69) is 5.32 Å². The van der Waals surface area contributed by atoms with Gasteiger partial charge in [-0.1, -0.05) is 42.5 Å². The van der Waals surface area contributed by atoms with Crippen molar-refractivity contribution in [1.29, 1.82) is 0 Å². The van der Waals surface area contributed by atoms with Crippen LogP contribution < -0.4 is 15.5 Å². The van der Waals surface area contributed by atoms with E-state index in [0.29, 0.717) is 23.6 Å². The topological polar surface area (TPSA) is 87.7 Å². The second kappa shape index (κ2) is 8.64. The molecule has 3 rings (SSSR count). The van der Waals surface area contributed by atoms with Crippen molar-refractivity contribution >= 4 is 17.5 Å². The Morgan fingerprint density at radius 2 is 1.52 bits per heavy atom. The summed E-state index contributed by atoms with van der Waals surface area (Å²) in [6, 6.07) is 22.9. The van der Waals surface area contributed by atoms with Crippen LogP contribution in [-0.2, 0) is 6.61 Å². The first-order valence-corrected chi connectivity index (χ1v) is 8.28. The summed E-state index contributed by atoms with van der Waals surface area (Å²) in [4.78, 5) is 23.9. The molecule has 0 saturated heterocycles. The number of carbonyl (C=O) groups excluding carboxylic acids is 2. The van der Waals surface area contributed by atoms with Crippen LogP contribution in [0.3, 0.4) is 0 Å². The quantitative estimate of drug-likeness (QED) is 0.461. The lowest BCUT2D eigenvalue weighted by Gasteiger charge is -2.09. The molecule has 3 aromatic carbocycles. The maximum Gasteiger partial charge on any atom is 0.274 e. The largest absolute Gasteiger partial charge is 0.489 e. The highest BCUT2D eigenvalue weighted by molar-refractivity contribution is 6.05. The third-order valence-electron chi connectivity index (χ3n) is 3.83. The highest BCUT2D eigenvalue weighted by atomic mass is 16.5. The van der Waals surface area contributed by atoms with Crippen LogP contribution in [0.2, 0.25) is 0 Å². The molecular formula is C21H18N2O4. The number of hydrogen-bond donors (Lipinski definition) is 3. The van der Waals surface area contributed by atoms with Gasteiger partial charge >= 0.3 is 0 Å². The van der Waals surface area contributed by atoms with Crippen molar-refractivity contribution in [3.05, 3.63) is 95.6 Å². The summed E-state index contributed by atoms with van der Waals surface area (Å²) >= 11 is 0. The smallest absolute Gasteiger partial charge is 0.274 e. The fourth-order valence-electron chi connectivity index (χ4n) is 2.47. The van der Waals surface area contributed by atoms with Gasteiger partial charge in [0.1, 0.15) is 12.4 Å². The van der Waals surface area contributed by atoms with Crippen LogP contribution in [0.1, 0.15) is 26.3 Å². The number of nitrogens with one attached hydrogen (secondary N) is 2. The Kier molecular flexibility index (Phi) is 5.81. The van der Waals surface area contributed by atoms with E-state index in [-0.39, 0.29) is 11.5 Å². The first-order chi connectivity index (χ1) is 13.2. The van der Waals surface area contributed by atoms with Gasteiger partial charge in [0.05, 0.1) is 0 Å². The number of hydroxylamine groups is 1. The van der Waals surface area contributed by atoms with Crippen molar-refractivity contribution in [2.45, 2.75) is 6.61 Å². The number of rotatable bonds is 6. The van der Waals surface area contributed by atoms with Crippen LogP contribution in [-0.4, -0.2) is 17.0 Å². The van der Waals surface area contributed by atoms with Crippen molar-refractivity contribution in [2.24, 2.45) is 0 Å². The molecule has 0 aliphatic carbocycles. The van der Waals surface area contributed by atoms with E-state index in [4.69, 9.17) is 9.94 Å². The zero-order valence-corrected chi connectivity index (χ0v) is 14.4. The maximum atomic E-state index is 12.5. The summed E-state index contributed by atoms with van der Waals surface area (Å²) in [6.07, 6.45) is 0. The number of amides is 2. The molecule has 0 radical (unpaired) electrons. The van der Waals surface area contributed by atoms with Crippen LogP contribution in [0.5, 0.6) is 5.75 Å². The zero-order chi connectivity index (χ0) is 19.1. The molecule has 0 fully saturated rings. The number of carbonyl (C=O) groups is 2. The van der Waals surface area contributed by atoms with Gasteiger partial charge in [-0.25, -0.2) is 5.48 Å². The standard InChI is InChI=1S/C21H18N2O4/c24-20(22-18-10-4-8-16(12-18)21(25)23-26)17-9-5-11-19(13-17)27-14-15-6-2-1-3-7-15/h1-13,26H,14H2,(H,22,24)(H,23,25). The third-order valence-corrected chi connectivity index (χ3v) is 3.83. The molecule has 0 heterocycles. The molecule has 27 heavy (non-hydrogen) atoms. The van der Waals surface area contributed by atoms with Crippen LogP contribution in [0, 0.1) is 0 Å². The van der Waals surface area contributed by atoms with Crippen molar-refractivity contribution in [1.82, 2.24) is 5.48 Å². The van der Waals surface area contributed by atoms with Gasteiger partial charge in [-0.2, -0.15) is 0 Å². The minimum Gasteiger partial charge on any atom is -0.489 e. The summed E-state index contributed by atoms with van der Waals surface area (Å²) in [5, 5.41) is 11.4. The molecule has 0 aliphatic heterocycles. The molecular weight excluding hydrogens is 344 g/mol. The summed E-state index contributed by atoms with van der Waals surface area (Å²) in [5.74, 6) is -0.399. The molecule has 0 atom stereocenters. The molecule has 0 saturated carbocycles. The average Bonchev–Trinajstić information content (AvgIpc) is 2.73. The highest BCUT2D eigenvalue weighted by Crippen LogP contribution is 2.17. The maximum absolute atomic E-state index is 12.5. The predicted molar refractivity (Wildman–Crippen MR) is 101 cm³/mol. The lowest BCUT2D eigenvalue weighted by molar-refractivity contribution is 0.0706. The Hall–Kier alpha value is -3.64. The van der Waals surface area contributed by atoms with Gasteiger partial charge in [0, 0.05) is 16.8 Å².